The molecule has 1 aromatic rings. The van der Waals surface area contributed by atoms with Crippen molar-refractivity contribution in [1.29, 1.82) is 5.26 Å². The summed E-state index contributed by atoms with van der Waals surface area (Å²) in [6.45, 7) is 0.764. The summed E-state index contributed by atoms with van der Waals surface area (Å²) in [7, 11) is 1.80. The number of carbonyl (C=O) groups excluding carboxylic acids is 1. The summed E-state index contributed by atoms with van der Waals surface area (Å²) >= 11 is 1.54. The Morgan fingerprint density at radius 1 is 1.56 bits per heavy atom. The summed E-state index contributed by atoms with van der Waals surface area (Å²) < 4.78 is 0. The van der Waals surface area contributed by atoms with Crippen LogP contribution in [-0.2, 0) is 4.79 Å². The fourth-order valence-electron chi connectivity index (χ4n) is 2.08. The van der Waals surface area contributed by atoms with Gasteiger partial charge in [0, 0.05) is 18.5 Å². The smallest absolute Gasteiger partial charge is 0.244 e. The number of likely N-dealkylation sites (tertiary alicyclic amines) is 1. The molecule has 0 bridgehead atoms. The molecule has 1 aliphatic heterocycles. The lowest BCUT2D eigenvalue weighted by molar-refractivity contribution is -0.127. The molecule has 0 aromatic heterocycles. The van der Waals surface area contributed by atoms with E-state index < -0.39 is 0 Å². The van der Waals surface area contributed by atoms with E-state index in [4.69, 9.17) is 0 Å². The number of amides is 1. The standard InChI is InChI=1S/C13H15N3OS/c1-16-7-6-11(13(16)17)15-10-4-3-5-12(18-2)9(10)8-14/h3-5,11,15H,6-7H2,1-2H3. The largest absolute Gasteiger partial charge is 0.373 e. The molecule has 1 heterocycles. The first-order valence-electron chi connectivity index (χ1n) is 5.76. The fraction of sp³-hybridized carbons (Fsp3) is 0.385. The van der Waals surface area contributed by atoms with Crippen LogP contribution >= 0.6 is 11.8 Å². The number of carbonyl (C=O) groups is 1. The Bertz CT molecular complexity index is 509. The van der Waals surface area contributed by atoms with Crippen molar-refractivity contribution in [3.8, 4) is 6.07 Å². The average Bonchev–Trinajstić information content (AvgIpc) is 2.70. The third-order valence-electron chi connectivity index (χ3n) is 3.12. The monoisotopic (exact) mass is 261 g/mol. The number of rotatable bonds is 3. The summed E-state index contributed by atoms with van der Waals surface area (Å²) in [4.78, 5) is 14.5. The van der Waals surface area contributed by atoms with Gasteiger partial charge in [-0.2, -0.15) is 5.26 Å². The predicted octanol–water partition coefficient (Wildman–Crippen LogP) is 1.92. The lowest BCUT2D eigenvalue weighted by atomic mass is 10.1. The van der Waals surface area contributed by atoms with E-state index in [1.165, 1.54) is 11.8 Å². The van der Waals surface area contributed by atoms with E-state index in [0.29, 0.717) is 5.56 Å². The fourth-order valence-corrected chi connectivity index (χ4v) is 2.66. The van der Waals surface area contributed by atoms with Gasteiger partial charge in [0.2, 0.25) is 5.91 Å². The molecule has 1 atom stereocenters. The van der Waals surface area contributed by atoms with E-state index in [9.17, 15) is 10.1 Å². The van der Waals surface area contributed by atoms with Gasteiger partial charge in [-0.15, -0.1) is 11.8 Å². The van der Waals surface area contributed by atoms with Crippen LogP contribution in [0.2, 0.25) is 0 Å². The third kappa shape index (κ3) is 2.29. The van der Waals surface area contributed by atoms with Gasteiger partial charge in [0.1, 0.15) is 12.1 Å². The molecule has 4 nitrogen and oxygen atoms in total. The van der Waals surface area contributed by atoms with Crippen molar-refractivity contribution in [1.82, 2.24) is 4.90 Å². The molecular weight excluding hydrogens is 246 g/mol. The van der Waals surface area contributed by atoms with Crippen molar-refractivity contribution >= 4 is 23.4 Å². The number of nitrogens with zero attached hydrogens (tertiary/aromatic N) is 2. The molecule has 94 valence electrons. The van der Waals surface area contributed by atoms with E-state index in [-0.39, 0.29) is 11.9 Å². The first-order valence-corrected chi connectivity index (χ1v) is 6.98. The number of thioether (sulfide) groups is 1. The lowest BCUT2D eigenvalue weighted by Crippen LogP contribution is -2.31. The summed E-state index contributed by atoms with van der Waals surface area (Å²) in [5.74, 6) is 0.0912. The zero-order valence-electron chi connectivity index (χ0n) is 10.4. The van der Waals surface area contributed by atoms with Gasteiger partial charge in [0.25, 0.3) is 0 Å². The van der Waals surface area contributed by atoms with E-state index >= 15 is 0 Å². The molecule has 0 aliphatic carbocycles. The highest BCUT2D eigenvalue weighted by Gasteiger charge is 2.29. The summed E-state index contributed by atoms with van der Waals surface area (Å²) in [5.41, 5.74) is 1.37. The second-order valence-corrected chi connectivity index (χ2v) is 5.09. The zero-order chi connectivity index (χ0) is 13.1. The number of benzene rings is 1. The molecule has 5 heteroatoms. The van der Waals surface area contributed by atoms with Crippen LogP contribution in [0.4, 0.5) is 5.69 Å². The Morgan fingerprint density at radius 3 is 2.89 bits per heavy atom. The van der Waals surface area contributed by atoms with Gasteiger partial charge in [-0.3, -0.25) is 4.79 Å². The van der Waals surface area contributed by atoms with E-state index in [2.05, 4.69) is 11.4 Å². The number of hydrogen-bond donors (Lipinski definition) is 1. The zero-order valence-corrected chi connectivity index (χ0v) is 11.3. The number of likely N-dealkylation sites (N-methyl/N-ethyl adjacent to an activating group) is 1. The first-order chi connectivity index (χ1) is 8.67. The van der Waals surface area contributed by atoms with Gasteiger partial charge in [0.15, 0.2) is 0 Å². The van der Waals surface area contributed by atoms with Crippen LogP contribution < -0.4 is 5.32 Å². The van der Waals surface area contributed by atoms with Crippen LogP contribution in [0.1, 0.15) is 12.0 Å². The maximum Gasteiger partial charge on any atom is 0.244 e. The molecule has 1 N–H and O–H groups in total. The minimum Gasteiger partial charge on any atom is -0.373 e. The average molecular weight is 261 g/mol. The predicted molar refractivity (Wildman–Crippen MR) is 72.6 cm³/mol. The Hall–Kier alpha value is -1.67. The molecule has 0 saturated carbocycles. The van der Waals surface area contributed by atoms with Crippen LogP contribution in [0.25, 0.3) is 0 Å². The van der Waals surface area contributed by atoms with Crippen molar-refractivity contribution in [3.63, 3.8) is 0 Å². The van der Waals surface area contributed by atoms with Crippen LogP contribution in [0.5, 0.6) is 0 Å². The molecular formula is C13H15N3OS. The molecule has 1 aliphatic rings. The topological polar surface area (TPSA) is 56.1 Å². The molecule has 2 rings (SSSR count). The summed E-state index contributed by atoms with van der Waals surface area (Å²) in [6.07, 6.45) is 2.72. The molecule has 1 fully saturated rings. The van der Waals surface area contributed by atoms with Gasteiger partial charge < -0.3 is 10.2 Å². The number of nitrogens with one attached hydrogen (secondary N) is 1. The Labute approximate surface area is 111 Å². The molecule has 1 unspecified atom stereocenters. The second kappa shape index (κ2) is 5.32. The van der Waals surface area contributed by atoms with Gasteiger partial charge in [-0.25, -0.2) is 0 Å². The van der Waals surface area contributed by atoms with Crippen LogP contribution in [-0.4, -0.2) is 36.7 Å². The minimum atomic E-state index is -0.209. The highest BCUT2D eigenvalue weighted by atomic mass is 32.2. The van der Waals surface area contributed by atoms with Crippen molar-refractivity contribution in [2.45, 2.75) is 17.4 Å². The number of nitriles is 1. The highest BCUT2D eigenvalue weighted by molar-refractivity contribution is 7.98. The van der Waals surface area contributed by atoms with Crippen molar-refractivity contribution in [3.05, 3.63) is 23.8 Å². The van der Waals surface area contributed by atoms with Crippen molar-refractivity contribution in [2.24, 2.45) is 0 Å². The van der Waals surface area contributed by atoms with E-state index in [1.54, 1.807) is 11.9 Å². The number of anilines is 1. The van der Waals surface area contributed by atoms with Crippen molar-refractivity contribution in [2.75, 3.05) is 25.2 Å². The van der Waals surface area contributed by atoms with Gasteiger partial charge >= 0.3 is 0 Å². The Morgan fingerprint density at radius 2 is 2.33 bits per heavy atom. The van der Waals surface area contributed by atoms with Crippen LogP contribution in [0.3, 0.4) is 0 Å². The maximum absolute atomic E-state index is 11.8. The first kappa shape index (κ1) is 12.8. The van der Waals surface area contributed by atoms with Gasteiger partial charge in [-0.1, -0.05) is 6.07 Å². The maximum atomic E-state index is 11.8. The molecule has 1 saturated heterocycles. The lowest BCUT2D eigenvalue weighted by Gasteiger charge is -2.15. The van der Waals surface area contributed by atoms with Crippen LogP contribution in [0.15, 0.2) is 23.1 Å². The molecule has 0 spiro atoms. The third-order valence-corrected chi connectivity index (χ3v) is 3.90. The van der Waals surface area contributed by atoms with Gasteiger partial charge in [-0.05, 0) is 24.8 Å². The minimum absolute atomic E-state index is 0.0912. The van der Waals surface area contributed by atoms with E-state index in [1.807, 2.05) is 24.5 Å². The quantitative estimate of drug-likeness (QED) is 0.845. The van der Waals surface area contributed by atoms with E-state index in [0.717, 1.165) is 23.5 Å². The second-order valence-electron chi connectivity index (χ2n) is 4.24. The SMILES string of the molecule is CSc1cccc(NC2CCN(C)C2=O)c1C#N. The highest BCUT2D eigenvalue weighted by Crippen LogP contribution is 2.27. The summed E-state index contributed by atoms with van der Waals surface area (Å²) in [6, 6.07) is 7.66. The Balaban J connectivity index is 2.25. The van der Waals surface area contributed by atoms with Crippen LogP contribution in [0, 0.1) is 11.3 Å². The molecule has 18 heavy (non-hydrogen) atoms. The molecule has 0 radical (unpaired) electrons. The molecule has 1 aromatic carbocycles. The Kier molecular flexibility index (Phi) is 3.78. The number of hydrogen-bond acceptors (Lipinski definition) is 4. The molecule has 1 amide bonds. The van der Waals surface area contributed by atoms with Crippen molar-refractivity contribution < 1.29 is 4.79 Å². The van der Waals surface area contributed by atoms with Gasteiger partial charge in [0.05, 0.1) is 11.3 Å². The normalized spacial score (nSPS) is 18.8. The summed E-state index contributed by atoms with van der Waals surface area (Å²) in [5, 5.41) is 12.4.